The number of para-hydroxylation sites is 1. The van der Waals surface area contributed by atoms with Gasteiger partial charge in [-0.1, -0.05) is 44.2 Å². The van der Waals surface area contributed by atoms with Crippen LogP contribution in [0.5, 0.6) is 11.5 Å². The number of benzene rings is 3. The zero-order valence-corrected chi connectivity index (χ0v) is 24.5. The van der Waals surface area contributed by atoms with Crippen LogP contribution in [-0.2, 0) is 4.79 Å². The number of carbonyl (C=O) groups excluding carboxylic acids is 3. The molecule has 43 heavy (non-hydrogen) atoms. The summed E-state index contributed by atoms with van der Waals surface area (Å²) in [6, 6.07) is 20.4. The third-order valence-corrected chi connectivity index (χ3v) is 7.10. The van der Waals surface area contributed by atoms with Gasteiger partial charge in [0.1, 0.15) is 13.2 Å². The van der Waals surface area contributed by atoms with Crippen molar-refractivity contribution in [1.29, 1.82) is 0 Å². The highest BCUT2D eigenvalue weighted by atomic mass is 16.6. The monoisotopic (exact) mass is 583 g/mol. The Balaban J connectivity index is 1.04. The SMILES string of the molecule is CC(C)CN(CC(=O)NCCCCNC(=O)c1ccc(-c2n[nH]c3ccccc23)cc1)C(=O)c1ccc2c(c1)OCCO2. The lowest BCUT2D eigenvalue weighted by Gasteiger charge is -2.25. The third kappa shape index (κ3) is 7.51. The van der Waals surface area contributed by atoms with Crippen molar-refractivity contribution in [2.45, 2.75) is 26.7 Å². The Morgan fingerprint density at radius 2 is 1.58 bits per heavy atom. The summed E-state index contributed by atoms with van der Waals surface area (Å²) in [5, 5.41) is 14.3. The molecule has 3 N–H and O–H groups in total. The molecule has 0 spiro atoms. The molecule has 3 aromatic carbocycles. The van der Waals surface area contributed by atoms with Gasteiger partial charge in [-0.15, -0.1) is 0 Å². The molecule has 0 radical (unpaired) electrons. The van der Waals surface area contributed by atoms with Crippen molar-refractivity contribution >= 4 is 28.6 Å². The second-order valence-electron chi connectivity index (χ2n) is 10.9. The van der Waals surface area contributed by atoms with Gasteiger partial charge in [0.2, 0.25) is 5.91 Å². The average molecular weight is 584 g/mol. The van der Waals surface area contributed by atoms with Crippen molar-refractivity contribution in [3.63, 3.8) is 0 Å². The van der Waals surface area contributed by atoms with Crippen molar-refractivity contribution in [1.82, 2.24) is 25.7 Å². The largest absolute Gasteiger partial charge is 0.486 e. The molecule has 1 aromatic heterocycles. The molecule has 0 saturated heterocycles. The normalized spacial score (nSPS) is 12.3. The van der Waals surface area contributed by atoms with E-state index >= 15 is 0 Å². The van der Waals surface area contributed by atoms with Gasteiger partial charge in [0, 0.05) is 41.7 Å². The Hall–Kier alpha value is -4.86. The molecule has 1 aliphatic heterocycles. The molecule has 4 aromatic rings. The van der Waals surface area contributed by atoms with E-state index < -0.39 is 0 Å². The summed E-state index contributed by atoms with van der Waals surface area (Å²) in [5.74, 6) is 0.750. The molecule has 3 amide bonds. The van der Waals surface area contributed by atoms with Crippen LogP contribution in [0.25, 0.3) is 22.2 Å². The maximum absolute atomic E-state index is 13.2. The van der Waals surface area contributed by atoms with Crippen molar-refractivity contribution in [3.05, 3.63) is 77.9 Å². The lowest BCUT2D eigenvalue weighted by atomic mass is 10.1. The minimum absolute atomic E-state index is 0.0355. The van der Waals surface area contributed by atoms with Crippen molar-refractivity contribution in [2.24, 2.45) is 5.92 Å². The first kappa shape index (κ1) is 29.6. The molecule has 1 aliphatic rings. The molecule has 10 nitrogen and oxygen atoms in total. The van der Waals surface area contributed by atoms with Crippen LogP contribution in [0.2, 0.25) is 0 Å². The number of carbonyl (C=O) groups is 3. The molecule has 0 unspecified atom stereocenters. The van der Waals surface area contributed by atoms with Gasteiger partial charge in [-0.3, -0.25) is 19.5 Å². The average Bonchev–Trinajstić information content (AvgIpc) is 3.46. The number of nitrogens with one attached hydrogen (secondary N) is 3. The first-order valence-electron chi connectivity index (χ1n) is 14.7. The summed E-state index contributed by atoms with van der Waals surface area (Å²) >= 11 is 0. The van der Waals surface area contributed by atoms with Crippen LogP contribution in [0.1, 0.15) is 47.4 Å². The molecule has 224 valence electrons. The number of rotatable bonds is 12. The van der Waals surface area contributed by atoms with Gasteiger partial charge < -0.3 is 25.0 Å². The number of ether oxygens (including phenoxy) is 2. The van der Waals surface area contributed by atoms with E-state index in [0.29, 0.717) is 68.3 Å². The maximum atomic E-state index is 13.2. The Morgan fingerprint density at radius 1 is 0.884 bits per heavy atom. The predicted molar refractivity (Wildman–Crippen MR) is 164 cm³/mol. The number of nitrogens with zero attached hydrogens (tertiary/aromatic N) is 2. The van der Waals surface area contributed by atoms with Crippen LogP contribution in [0.4, 0.5) is 0 Å². The second-order valence-corrected chi connectivity index (χ2v) is 10.9. The zero-order chi connectivity index (χ0) is 30.2. The predicted octanol–water partition coefficient (Wildman–Crippen LogP) is 4.43. The quantitative estimate of drug-likeness (QED) is 0.212. The summed E-state index contributed by atoms with van der Waals surface area (Å²) in [5.41, 5.74) is 3.78. The molecular weight excluding hydrogens is 546 g/mol. The van der Waals surface area contributed by atoms with E-state index in [1.165, 1.54) is 0 Å². The van der Waals surface area contributed by atoms with E-state index in [1.807, 2.05) is 50.2 Å². The Bertz CT molecular complexity index is 1580. The van der Waals surface area contributed by atoms with Crippen molar-refractivity contribution in [3.8, 4) is 22.8 Å². The van der Waals surface area contributed by atoms with Crippen LogP contribution in [0, 0.1) is 5.92 Å². The van der Waals surface area contributed by atoms with Gasteiger partial charge >= 0.3 is 0 Å². The second kappa shape index (κ2) is 13.9. The number of hydrogen-bond acceptors (Lipinski definition) is 6. The number of unbranched alkanes of at least 4 members (excludes halogenated alkanes) is 1. The highest BCUT2D eigenvalue weighted by Gasteiger charge is 2.22. The lowest BCUT2D eigenvalue weighted by molar-refractivity contribution is -0.121. The van der Waals surface area contributed by atoms with Crippen LogP contribution < -0.4 is 20.1 Å². The molecule has 0 saturated carbocycles. The van der Waals surface area contributed by atoms with E-state index in [0.717, 1.165) is 22.2 Å². The number of amides is 3. The van der Waals surface area contributed by atoms with E-state index in [1.54, 1.807) is 35.2 Å². The number of H-pyrrole nitrogens is 1. The van der Waals surface area contributed by atoms with Crippen LogP contribution in [0.3, 0.4) is 0 Å². The highest BCUT2D eigenvalue weighted by Crippen LogP contribution is 2.31. The summed E-state index contributed by atoms with van der Waals surface area (Å²) < 4.78 is 11.2. The molecular formula is C33H37N5O5. The van der Waals surface area contributed by atoms with Crippen LogP contribution >= 0.6 is 0 Å². The standard InChI is InChI=1S/C33H37N5O5/c1-22(2)20-38(33(41)25-13-14-28-29(19-25)43-18-17-42-28)21-30(39)34-15-5-6-16-35-32(40)24-11-9-23(10-12-24)31-26-7-3-4-8-27(26)36-37-31/h3-4,7-14,19,22H,5-6,15-18,20-21H2,1-2H3,(H,34,39)(H,35,40)(H,36,37). The van der Waals surface area contributed by atoms with Gasteiger partial charge in [-0.25, -0.2) is 0 Å². The fourth-order valence-corrected chi connectivity index (χ4v) is 4.99. The minimum Gasteiger partial charge on any atom is -0.486 e. The molecule has 0 atom stereocenters. The van der Waals surface area contributed by atoms with Gasteiger partial charge in [-0.05, 0) is 55.2 Å². The van der Waals surface area contributed by atoms with Gasteiger partial charge in [0.25, 0.3) is 11.8 Å². The van der Waals surface area contributed by atoms with E-state index in [4.69, 9.17) is 9.47 Å². The van der Waals surface area contributed by atoms with E-state index in [2.05, 4.69) is 20.8 Å². The van der Waals surface area contributed by atoms with E-state index in [9.17, 15) is 14.4 Å². The molecule has 10 heteroatoms. The van der Waals surface area contributed by atoms with Gasteiger partial charge in [0.05, 0.1) is 17.8 Å². The number of hydrogen-bond donors (Lipinski definition) is 3. The Labute approximate surface area is 250 Å². The Morgan fingerprint density at radius 3 is 2.35 bits per heavy atom. The molecule has 0 aliphatic carbocycles. The van der Waals surface area contributed by atoms with Gasteiger partial charge in [0.15, 0.2) is 11.5 Å². The fourth-order valence-electron chi connectivity index (χ4n) is 4.99. The number of aromatic nitrogens is 2. The van der Waals surface area contributed by atoms with Crippen LogP contribution in [-0.4, -0.2) is 72.2 Å². The topological polar surface area (TPSA) is 126 Å². The number of fused-ring (bicyclic) bond motifs is 2. The number of aromatic amines is 1. The highest BCUT2D eigenvalue weighted by molar-refractivity contribution is 5.97. The molecule has 2 heterocycles. The summed E-state index contributed by atoms with van der Waals surface area (Å²) in [6.45, 7) is 6.28. The van der Waals surface area contributed by atoms with Gasteiger partial charge in [-0.2, -0.15) is 5.10 Å². The van der Waals surface area contributed by atoms with Crippen molar-refractivity contribution < 1.29 is 23.9 Å². The maximum Gasteiger partial charge on any atom is 0.254 e. The molecule has 0 fully saturated rings. The fraction of sp³-hybridized carbons (Fsp3) is 0.333. The third-order valence-electron chi connectivity index (χ3n) is 7.10. The lowest BCUT2D eigenvalue weighted by Crippen LogP contribution is -2.42. The molecule has 0 bridgehead atoms. The smallest absolute Gasteiger partial charge is 0.254 e. The first-order valence-corrected chi connectivity index (χ1v) is 14.7. The zero-order valence-electron chi connectivity index (χ0n) is 24.5. The van der Waals surface area contributed by atoms with Crippen molar-refractivity contribution in [2.75, 3.05) is 39.4 Å². The summed E-state index contributed by atoms with van der Waals surface area (Å²) in [6.07, 6.45) is 1.40. The molecule has 5 rings (SSSR count). The first-order chi connectivity index (χ1) is 20.9. The summed E-state index contributed by atoms with van der Waals surface area (Å²) in [7, 11) is 0. The minimum atomic E-state index is -0.228. The van der Waals surface area contributed by atoms with Crippen LogP contribution in [0.15, 0.2) is 66.7 Å². The summed E-state index contributed by atoms with van der Waals surface area (Å²) in [4.78, 5) is 40.1. The van der Waals surface area contributed by atoms with E-state index in [-0.39, 0.29) is 30.2 Å². The Kier molecular flexibility index (Phi) is 9.56.